The average Bonchev–Trinajstić information content (AvgIpc) is 3.10. The van der Waals surface area contributed by atoms with Gasteiger partial charge in [0.15, 0.2) is 11.3 Å². The molecule has 10 heteroatoms. The summed E-state index contributed by atoms with van der Waals surface area (Å²) in [6.07, 6.45) is 0.755. The minimum atomic E-state index is -0.546. The summed E-state index contributed by atoms with van der Waals surface area (Å²) in [4.78, 5) is 38.9. The number of nitro groups is 1. The number of hydrogen-bond donors (Lipinski definition) is 0. The zero-order valence-electron chi connectivity index (χ0n) is 18.1. The molecule has 0 aliphatic rings. The molecule has 0 bridgehead atoms. The average molecular weight is 463 g/mol. The molecule has 0 aliphatic carbocycles. The maximum atomic E-state index is 13.7. The summed E-state index contributed by atoms with van der Waals surface area (Å²) in [7, 11) is 0. The van der Waals surface area contributed by atoms with Crippen LogP contribution in [0.2, 0.25) is 5.02 Å². The molecule has 3 heterocycles. The lowest BCUT2D eigenvalue weighted by molar-refractivity contribution is -0.384. The molecule has 0 spiro atoms. The van der Waals surface area contributed by atoms with E-state index in [2.05, 4.69) is 0 Å². The predicted molar refractivity (Wildman–Crippen MR) is 127 cm³/mol. The Morgan fingerprint density at radius 2 is 1.79 bits per heavy atom. The van der Waals surface area contributed by atoms with E-state index in [1.165, 1.54) is 12.1 Å². The van der Waals surface area contributed by atoms with E-state index < -0.39 is 4.92 Å². The first-order chi connectivity index (χ1) is 15.8. The molecule has 0 saturated heterocycles. The zero-order valence-corrected chi connectivity index (χ0v) is 18.9. The van der Waals surface area contributed by atoms with Crippen molar-refractivity contribution in [2.45, 2.75) is 33.2 Å². The molecule has 5 aromatic rings. The highest BCUT2D eigenvalue weighted by atomic mass is 35.5. The number of rotatable bonds is 4. The Hall–Kier alpha value is -3.85. The third-order valence-corrected chi connectivity index (χ3v) is 6.22. The summed E-state index contributed by atoms with van der Waals surface area (Å²) < 4.78 is 3.30. The number of hydrogen-bond acceptors (Lipinski definition) is 6. The van der Waals surface area contributed by atoms with Crippen molar-refractivity contribution in [3.63, 3.8) is 0 Å². The van der Waals surface area contributed by atoms with Crippen molar-refractivity contribution in [1.29, 1.82) is 0 Å². The molecular weight excluding hydrogens is 444 g/mol. The quantitative estimate of drug-likeness (QED) is 0.270. The Morgan fingerprint density at radius 3 is 2.45 bits per heavy atom. The molecule has 0 fully saturated rings. The van der Waals surface area contributed by atoms with E-state index in [4.69, 9.17) is 26.6 Å². The summed E-state index contributed by atoms with van der Waals surface area (Å²) >= 11 is 6.04. The molecule has 0 unspecified atom stereocenters. The Bertz CT molecular complexity index is 1660. The van der Waals surface area contributed by atoms with Crippen LogP contribution in [0.25, 0.3) is 38.9 Å². The molecule has 0 saturated carbocycles. The van der Waals surface area contributed by atoms with E-state index in [0.29, 0.717) is 44.7 Å². The van der Waals surface area contributed by atoms with Crippen LogP contribution in [0.1, 0.15) is 32.1 Å². The number of para-hydroxylation sites is 2. The third kappa shape index (κ3) is 3.15. The number of nitrogens with zero attached hydrogens (tertiary/aromatic N) is 6. The first-order valence-corrected chi connectivity index (χ1v) is 10.8. The van der Waals surface area contributed by atoms with Gasteiger partial charge in [0.2, 0.25) is 0 Å². The van der Waals surface area contributed by atoms with Gasteiger partial charge in [-0.1, -0.05) is 30.7 Å². The molecule has 33 heavy (non-hydrogen) atoms. The zero-order chi connectivity index (χ0) is 23.4. The van der Waals surface area contributed by atoms with Gasteiger partial charge >= 0.3 is 0 Å². The third-order valence-electron chi connectivity index (χ3n) is 5.90. The molecule has 166 valence electrons. The summed E-state index contributed by atoms with van der Waals surface area (Å²) in [5.41, 5.74) is 2.37. The molecule has 9 nitrogen and oxygen atoms in total. The van der Waals surface area contributed by atoms with Gasteiger partial charge in [0, 0.05) is 12.1 Å². The number of aryl methyl sites for hydroxylation is 1. The van der Waals surface area contributed by atoms with Gasteiger partial charge in [0.05, 0.1) is 21.6 Å². The van der Waals surface area contributed by atoms with Gasteiger partial charge in [-0.3, -0.25) is 24.0 Å². The van der Waals surface area contributed by atoms with Crippen molar-refractivity contribution in [1.82, 2.24) is 24.1 Å². The van der Waals surface area contributed by atoms with Crippen LogP contribution in [0.4, 0.5) is 5.69 Å². The van der Waals surface area contributed by atoms with Gasteiger partial charge in [-0.2, -0.15) is 0 Å². The summed E-state index contributed by atoms with van der Waals surface area (Å²) in [6, 6.07) is 11.7. The lowest BCUT2D eigenvalue weighted by Gasteiger charge is -2.16. The molecule has 5 rings (SSSR count). The fourth-order valence-corrected chi connectivity index (χ4v) is 4.32. The molecule has 2 aromatic carbocycles. The number of nitro benzene ring substituents is 1. The van der Waals surface area contributed by atoms with Gasteiger partial charge in [-0.15, -0.1) is 0 Å². The van der Waals surface area contributed by atoms with Gasteiger partial charge in [0.1, 0.15) is 21.7 Å². The van der Waals surface area contributed by atoms with Gasteiger partial charge in [0.25, 0.3) is 11.2 Å². The van der Waals surface area contributed by atoms with Crippen LogP contribution in [0.15, 0.2) is 47.3 Å². The maximum absolute atomic E-state index is 13.7. The second kappa shape index (κ2) is 7.63. The monoisotopic (exact) mass is 462 g/mol. The van der Waals surface area contributed by atoms with E-state index in [0.717, 1.165) is 6.42 Å². The van der Waals surface area contributed by atoms with E-state index in [-0.39, 0.29) is 22.3 Å². The number of halogens is 1. The van der Waals surface area contributed by atoms with Crippen molar-refractivity contribution in [3.8, 4) is 5.69 Å². The van der Waals surface area contributed by atoms with E-state index in [1.54, 1.807) is 22.1 Å². The van der Waals surface area contributed by atoms with E-state index in [9.17, 15) is 14.9 Å². The van der Waals surface area contributed by atoms with Crippen molar-refractivity contribution in [2.24, 2.45) is 0 Å². The largest absolute Gasteiger partial charge is 0.293 e. The molecule has 0 radical (unpaired) electrons. The normalized spacial score (nSPS) is 12.6. The molecular formula is C23H19ClN6O3. The standard InChI is InChI=1S/C23H19ClN6O3/c1-4-12(2)28-13(3)25-21-19(23(28)31)20-22(27-17-8-6-5-7-16(17)26-20)29(21)14-9-10-15(24)18(11-14)30(32)33/h5-12H,4H2,1-3H3/t12-/m1/s1. The number of benzene rings is 2. The van der Waals surface area contributed by atoms with E-state index >= 15 is 0 Å². The Labute approximate surface area is 192 Å². The lowest BCUT2D eigenvalue weighted by Crippen LogP contribution is -2.26. The van der Waals surface area contributed by atoms with Crippen molar-refractivity contribution in [3.05, 3.63) is 73.8 Å². The topological polar surface area (TPSA) is 109 Å². The highest BCUT2D eigenvalue weighted by Gasteiger charge is 2.24. The van der Waals surface area contributed by atoms with Gasteiger partial charge in [-0.25, -0.2) is 15.0 Å². The van der Waals surface area contributed by atoms with Crippen LogP contribution in [0, 0.1) is 17.0 Å². The van der Waals surface area contributed by atoms with E-state index in [1.807, 2.05) is 38.1 Å². The lowest BCUT2D eigenvalue weighted by atomic mass is 10.2. The number of fused-ring (bicyclic) bond motifs is 4. The summed E-state index contributed by atoms with van der Waals surface area (Å²) in [5, 5.41) is 11.9. The highest BCUT2D eigenvalue weighted by molar-refractivity contribution is 6.32. The molecule has 0 amide bonds. The highest BCUT2D eigenvalue weighted by Crippen LogP contribution is 2.32. The van der Waals surface area contributed by atoms with Crippen LogP contribution in [-0.4, -0.2) is 29.0 Å². The fourth-order valence-electron chi connectivity index (χ4n) is 4.14. The minimum Gasteiger partial charge on any atom is -0.293 e. The van der Waals surface area contributed by atoms with Crippen LogP contribution in [0.3, 0.4) is 0 Å². The van der Waals surface area contributed by atoms with Crippen molar-refractivity contribution >= 4 is 50.5 Å². The van der Waals surface area contributed by atoms with Crippen molar-refractivity contribution in [2.75, 3.05) is 0 Å². The molecule has 3 aromatic heterocycles. The molecule has 1 atom stereocenters. The smallest absolute Gasteiger partial charge is 0.289 e. The first-order valence-electron chi connectivity index (χ1n) is 10.5. The predicted octanol–water partition coefficient (Wildman–Crippen LogP) is 5.12. The van der Waals surface area contributed by atoms with Crippen molar-refractivity contribution < 1.29 is 4.92 Å². The fraction of sp³-hybridized carbons (Fsp3) is 0.217. The molecule has 0 N–H and O–H groups in total. The van der Waals surface area contributed by atoms with Crippen LogP contribution in [-0.2, 0) is 0 Å². The van der Waals surface area contributed by atoms with Gasteiger partial charge < -0.3 is 0 Å². The second-order valence-corrected chi connectivity index (χ2v) is 8.31. The molecule has 0 aliphatic heterocycles. The summed E-state index contributed by atoms with van der Waals surface area (Å²) in [5.74, 6) is 0.541. The van der Waals surface area contributed by atoms with Crippen LogP contribution < -0.4 is 5.56 Å². The second-order valence-electron chi connectivity index (χ2n) is 7.90. The first kappa shape index (κ1) is 21.0. The Kier molecular flexibility index (Phi) is 4.86. The number of aromatic nitrogens is 5. The maximum Gasteiger partial charge on any atom is 0.289 e. The summed E-state index contributed by atoms with van der Waals surface area (Å²) in [6.45, 7) is 5.74. The minimum absolute atomic E-state index is 0.0179. The van der Waals surface area contributed by atoms with Crippen LogP contribution >= 0.6 is 11.6 Å². The SMILES string of the molecule is CC[C@@H](C)n1c(C)nc2c(c1=O)c1nc3ccccc3nc1n2-c1ccc(Cl)c([N+](=O)[O-])c1. The van der Waals surface area contributed by atoms with Gasteiger partial charge in [-0.05, 0) is 44.5 Å². The Balaban J connectivity index is 2.00. The van der Waals surface area contributed by atoms with Crippen LogP contribution in [0.5, 0.6) is 0 Å². The Morgan fingerprint density at radius 1 is 1.09 bits per heavy atom.